The lowest BCUT2D eigenvalue weighted by atomic mass is 10.1. The number of aliphatic hydroxyl groups is 1. The van der Waals surface area contributed by atoms with Gasteiger partial charge in [0.05, 0.1) is 11.0 Å². The number of hydrogen-bond acceptors (Lipinski definition) is 3. The molecule has 0 saturated carbocycles. The molecule has 1 aliphatic heterocycles. The van der Waals surface area contributed by atoms with Gasteiger partial charge in [0.25, 0.3) is 0 Å². The summed E-state index contributed by atoms with van der Waals surface area (Å²) in [6, 6.07) is 5.90. The number of amides is 1. The molecular formula is C13H15N3O2. The van der Waals surface area contributed by atoms with E-state index in [1.54, 1.807) is 4.90 Å². The van der Waals surface area contributed by atoms with E-state index < -0.39 is 0 Å². The van der Waals surface area contributed by atoms with Gasteiger partial charge >= 0.3 is 0 Å². The van der Waals surface area contributed by atoms with Crippen molar-refractivity contribution < 1.29 is 9.90 Å². The number of rotatable bonds is 2. The number of anilines is 1. The van der Waals surface area contributed by atoms with Gasteiger partial charge in [0.2, 0.25) is 11.9 Å². The van der Waals surface area contributed by atoms with Gasteiger partial charge in [-0.1, -0.05) is 12.1 Å². The molecule has 0 aliphatic carbocycles. The number of hydrogen-bond donors (Lipinski definition) is 2. The van der Waals surface area contributed by atoms with Crippen molar-refractivity contribution >= 4 is 22.9 Å². The van der Waals surface area contributed by atoms with Gasteiger partial charge in [-0.3, -0.25) is 9.69 Å². The van der Waals surface area contributed by atoms with Gasteiger partial charge in [-0.15, -0.1) is 0 Å². The number of carbonyl (C=O) groups is 1. The maximum atomic E-state index is 11.9. The summed E-state index contributed by atoms with van der Waals surface area (Å²) >= 11 is 0. The number of aryl methyl sites for hydroxylation is 1. The molecule has 3 rings (SSSR count). The second-order valence-corrected chi connectivity index (χ2v) is 4.79. The van der Waals surface area contributed by atoms with E-state index in [1.165, 1.54) is 0 Å². The largest absolute Gasteiger partial charge is 0.396 e. The van der Waals surface area contributed by atoms with E-state index >= 15 is 0 Å². The monoisotopic (exact) mass is 245 g/mol. The number of aromatic amines is 1. The molecule has 2 heterocycles. The van der Waals surface area contributed by atoms with Crippen molar-refractivity contribution in [2.45, 2.75) is 13.3 Å². The molecule has 0 radical (unpaired) electrons. The number of benzene rings is 1. The van der Waals surface area contributed by atoms with Gasteiger partial charge in [0.15, 0.2) is 0 Å². The smallest absolute Gasteiger partial charge is 0.229 e. The molecule has 1 aromatic carbocycles. The molecule has 5 nitrogen and oxygen atoms in total. The summed E-state index contributed by atoms with van der Waals surface area (Å²) in [5.41, 5.74) is 2.92. The zero-order valence-corrected chi connectivity index (χ0v) is 10.2. The highest BCUT2D eigenvalue weighted by Crippen LogP contribution is 2.25. The van der Waals surface area contributed by atoms with Crippen LogP contribution in [0.1, 0.15) is 12.0 Å². The zero-order valence-electron chi connectivity index (χ0n) is 10.2. The first kappa shape index (κ1) is 11.2. The van der Waals surface area contributed by atoms with Crippen LogP contribution in [-0.4, -0.2) is 34.1 Å². The first-order valence-corrected chi connectivity index (χ1v) is 6.05. The topological polar surface area (TPSA) is 69.2 Å². The second-order valence-electron chi connectivity index (χ2n) is 4.79. The number of nitrogens with one attached hydrogen (secondary N) is 1. The van der Waals surface area contributed by atoms with E-state index in [9.17, 15) is 4.79 Å². The van der Waals surface area contributed by atoms with Gasteiger partial charge < -0.3 is 10.1 Å². The van der Waals surface area contributed by atoms with E-state index in [2.05, 4.69) is 9.97 Å². The summed E-state index contributed by atoms with van der Waals surface area (Å²) in [6.07, 6.45) is 0.395. The first-order chi connectivity index (χ1) is 8.69. The molecule has 1 aliphatic rings. The Morgan fingerprint density at radius 2 is 2.39 bits per heavy atom. The Morgan fingerprint density at radius 3 is 3.06 bits per heavy atom. The van der Waals surface area contributed by atoms with Crippen molar-refractivity contribution in [1.29, 1.82) is 0 Å². The van der Waals surface area contributed by atoms with Crippen molar-refractivity contribution in [3.8, 4) is 0 Å². The number of aliphatic hydroxyl groups excluding tert-OH is 1. The average molecular weight is 245 g/mol. The lowest BCUT2D eigenvalue weighted by Gasteiger charge is -2.11. The second kappa shape index (κ2) is 4.10. The third kappa shape index (κ3) is 1.67. The molecule has 5 heteroatoms. The van der Waals surface area contributed by atoms with Gasteiger partial charge in [0.1, 0.15) is 0 Å². The third-order valence-electron chi connectivity index (χ3n) is 3.42. The Bertz CT molecular complexity index is 605. The summed E-state index contributed by atoms with van der Waals surface area (Å²) in [7, 11) is 0. The summed E-state index contributed by atoms with van der Waals surface area (Å²) in [5.74, 6) is 0.623. The number of aromatic nitrogens is 2. The molecule has 1 unspecified atom stereocenters. The minimum atomic E-state index is 0.0192. The third-order valence-corrected chi connectivity index (χ3v) is 3.42. The molecule has 18 heavy (non-hydrogen) atoms. The lowest BCUT2D eigenvalue weighted by molar-refractivity contribution is -0.117. The molecule has 1 aromatic heterocycles. The molecule has 2 N–H and O–H groups in total. The lowest BCUT2D eigenvalue weighted by Crippen LogP contribution is -2.25. The molecule has 1 amide bonds. The van der Waals surface area contributed by atoms with Crippen LogP contribution in [0.2, 0.25) is 0 Å². The number of carbonyl (C=O) groups excluding carboxylic acids is 1. The van der Waals surface area contributed by atoms with Gasteiger partial charge in [-0.05, 0) is 18.6 Å². The fourth-order valence-corrected chi connectivity index (χ4v) is 2.40. The van der Waals surface area contributed by atoms with Crippen molar-refractivity contribution in [2.24, 2.45) is 5.92 Å². The van der Waals surface area contributed by atoms with E-state index in [-0.39, 0.29) is 18.4 Å². The summed E-state index contributed by atoms with van der Waals surface area (Å²) < 4.78 is 0. The molecule has 0 spiro atoms. The maximum absolute atomic E-state index is 11.9. The van der Waals surface area contributed by atoms with Crippen molar-refractivity contribution in [3.05, 3.63) is 23.8 Å². The number of imidazole rings is 1. The number of para-hydroxylation sites is 1. The Morgan fingerprint density at radius 1 is 1.56 bits per heavy atom. The highest BCUT2D eigenvalue weighted by atomic mass is 16.3. The van der Waals surface area contributed by atoms with Crippen LogP contribution in [0.15, 0.2) is 18.2 Å². The van der Waals surface area contributed by atoms with Crippen LogP contribution in [0.3, 0.4) is 0 Å². The molecular weight excluding hydrogens is 230 g/mol. The highest BCUT2D eigenvalue weighted by Gasteiger charge is 2.31. The van der Waals surface area contributed by atoms with Gasteiger partial charge in [0, 0.05) is 25.5 Å². The minimum Gasteiger partial charge on any atom is -0.396 e. The van der Waals surface area contributed by atoms with Crippen LogP contribution in [0, 0.1) is 12.8 Å². The van der Waals surface area contributed by atoms with Crippen LogP contribution in [-0.2, 0) is 4.79 Å². The fraction of sp³-hybridized carbons (Fsp3) is 0.385. The summed E-state index contributed by atoms with van der Waals surface area (Å²) in [6.45, 7) is 2.57. The Hall–Kier alpha value is -1.88. The zero-order chi connectivity index (χ0) is 12.7. The van der Waals surface area contributed by atoms with Gasteiger partial charge in [-0.25, -0.2) is 4.98 Å². The fourth-order valence-electron chi connectivity index (χ4n) is 2.40. The van der Waals surface area contributed by atoms with E-state index in [4.69, 9.17) is 5.11 Å². The van der Waals surface area contributed by atoms with Crippen LogP contribution in [0.5, 0.6) is 0 Å². The predicted octanol–water partition coefficient (Wildman–Crippen LogP) is 1.22. The molecule has 0 bridgehead atoms. The Kier molecular flexibility index (Phi) is 2.56. The number of nitrogens with zero attached hydrogens (tertiary/aromatic N) is 2. The quantitative estimate of drug-likeness (QED) is 0.835. The molecule has 1 atom stereocenters. The Labute approximate surface area is 104 Å². The predicted molar refractivity (Wildman–Crippen MR) is 68.4 cm³/mol. The van der Waals surface area contributed by atoms with E-state index in [1.807, 2.05) is 25.1 Å². The Balaban J connectivity index is 2.00. The van der Waals surface area contributed by atoms with Crippen LogP contribution in [0.25, 0.3) is 11.0 Å². The number of fused-ring (bicyclic) bond motifs is 1. The van der Waals surface area contributed by atoms with Crippen LogP contribution in [0.4, 0.5) is 5.95 Å². The minimum absolute atomic E-state index is 0.0192. The van der Waals surface area contributed by atoms with Crippen molar-refractivity contribution in [2.75, 3.05) is 18.1 Å². The average Bonchev–Trinajstić information content (AvgIpc) is 2.93. The van der Waals surface area contributed by atoms with Crippen molar-refractivity contribution in [3.63, 3.8) is 0 Å². The normalized spacial score (nSPS) is 20.0. The standard InChI is InChI=1S/C13H15N3O2/c1-8-3-2-4-10-12(8)15-13(14-10)16-6-9(7-17)5-11(16)18/h2-4,9,17H,5-7H2,1H3,(H,14,15). The SMILES string of the molecule is Cc1cccc2[nH]c(N3CC(CO)CC3=O)nc12. The van der Waals surface area contributed by atoms with Crippen LogP contribution >= 0.6 is 0 Å². The summed E-state index contributed by atoms with van der Waals surface area (Å²) in [4.78, 5) is 21.1. The molecule has 2 aromatic rings. The number of H-pyrrole nitrogens is 1. The van der Waals surface area contributed by atoms with Gasteiger partial charge in [-0.2, -0.15) is 0 Å². The molecule has 94 valence electrons. The van der Waals surface area contributed by atoms with E-state index in [0.717, 1.165) is 16.6 Å². The van der Waals surface area contributed by atoms with Crippen LogP contribution < -0.4 is 4.90 Å². The van der Waals surface area contributed by atoms with E-state index in [0.29, 0.717) is 18.9 Å². The molecule has 1 saturated heterocycles. The van der Waals surface area contributed by atoms with Crippen molar-refractivity contribution in [1.82, 2.24) is 9.97 Å². The highest BCUT2D eigenvalue weighted by molar-refractivity contribution is 5.95. The molecule has 1 fully saturated rings. The summed E-state index contributed by atoms with van der Waals surface area (Å²) in [5, 5.41) is 9.12. The maximum Gasteiger partial charge on any atom is 0.229 e. The first-order valence-electron chi connectivity index (χ1n) is 6.05.